The first-order valence-electron chi connectivity index (χ1n) is 5.64. The van der Waals surface area contributed by atoms with Gasteiger partial charge in [-0.2, -0.15) is 0 Å². The molecule has 5 heteroatoms. The van der Waals surface area contributed by atoms with Gasteiger partial charge in [0, 0.05) is 12.5 Å². The van der Waals surface area contributed by atoms with E-state index in [1.54, 1.807) is 25.1 Å². The van der Waals surface area contributed by atoms with Crippen molar-refractivity contribution in [2.75, 3.05) is 20.8 Å². The van der Waals surface area contributed by atoms with E-state index in [2.05, 4.69) is 5.32 Å². The van der Waals surface area contributed by atoms with Crippen molar-refractivity contribution in [1.82, 2.24) is 5.32 Å². The van der Waals surface area contributed by atoms with Crippen molar-refractivity contribution in [2.24, 2.45) is 0 Å². The fourth-order valence-corrected chi connectivity index (χ4v) is 1.43. The molecule has 0 aliphatic carbocycles. The largest absolute Gasteiger partial charge is 0.497 e. The number of carbonyl (C=O) groups is 2. The van der Waals surface area contributed by atoms with Gasteiger partial charge in [0.15, 0.2) is 5.78 Å². The van der Waals surface area contributed by atoms with Crippen LogP contribution in [0, 0.1) is 0 Å². The van der Waals surface area contributed by atoms with Gasteiger partial charge < -0.3 is 14.8 Å². The Labute approximate surface area is 106 Å². The monoisotopic (exact) mass is 251 g/mol. The summed E-state index contributed by atoms with van der Waals surface area (Å²) in [4.78, 5) is 23.0. The molecule has 98 valence electrons. The van der Waals surface area contributed by atoms with E-state index in [-0.39, 0.29) is 18.2 Å². The van der Waals surface area contributed by atoms with Crippen molar-refractivity contribution in [1.29, 1.82) is 0 Å². The molecule has 0 fully saturated rings. The Kier molecular flexibility index (Phi) is 5.17. The number of hydrogen-bond acceptors (Lipinski definition) is 4. The van der Waals surface area contributed by atoms with Crippen molar-refractivity contribution in [3.63, 3.8) is 0 Å². The maximum Gasteiger partial charge on any atom is 0.220 e. The molecule has 0 aliphatic rings. The number of carbonyl (C=O) groups excluding carboxylic acids is 2. The number of rotatable bonds is 6. The van der Waals surface area contributed by atoms with Crippen molar-refractivity contribution in [3.05, 3.63) is 23.8 Å². The van der Waals surface area contributed by atoms with Gasteiger partial charge in [0.2, 0.25) is 5.91 Å². The van der Waals surface area contributed by atoms with Crippen LogP contribution in [0.2, 0.25) is 0 Å². The van der Waals surface area contributed by atoms with Gasteiger partial charge in [-0.25, -0.2) is 0 Å². The van der Waals surface area contributed by atoms with E-state index in [0.29, 0.717) is 23.5 Å². The highest BCUT2D eigenvalue weighted by Gasteiger charge is 2.13. The number of ketones is 1. The Morgan fingerprint density at radius 3 is 2.50 bits per heavy atom. The zero-order chi connectivity index (χ0) is 13.5. The molecule has 0 saturated carbocycles. The molecule has 0 spiro atoms. The third kappa shape index (κ3) is 3.48. The summed E-state index contributed by atoms with van der Waals surface area (Å²) in [6, 6.07) is 4.93. The fraction of sp³-hybridized carbons (Fsp3) is 0.385. The topological polar surface area (TPSA) is 64.6 Å². The lowest BCUT2D eigenvalue weighted by molar-refractivity contribution is -0.120. The highest BCUT2D eigenvalue weighted by molar-refractivity contribution is 6.01. The average molecular weight is 251 g/mol. The van der Waals surface area contributed by atoms with Gasteiger partial charge >= 0.3 is 0 Å². The van der Waals surface area contributed by atoms with E-state index < -0.39 is 0 Å². The SMILES string of the molecule is CCC(=O)NCC(=O)c1ccc(OC)cc1OC. The number of methoxy groups -OCH3 is 2. The molecule has 1 amide bonds. The van der Waals surface area contributed by atoms with Gasteiger partial charge in [0.25, 0.3) is 0 Å². The highest BCUT2D eigenvalue weighted by atomic mass is 16.5. The molecular weight excluding hydrogens is 234 g/mol. The quantitative estimate of drug-likeness (QED) is 0.776. The predicted octanol–water partition coefficient (Wildman–Crippen LogP) is 1.41. The highest BCUT2D eigenvalue weighted by Crippen LogP contribution is 2.24. The van der Waals surface area contributed by atoms with Crippen LogP contribution in [0.25, 0.3) is 0 Å². The minimum absolute atomic E-state index is 0.0324. The van der Waals surface area contributed by atoms with Crippen LogP contribution in [0.15, 0.2) is 18.2 Å². The number of ether oxygens (including phenoxy) is 2. The molecule has 0 aromatic heterocycles. The molecule has 1 aromatic carbocycles. The van der Waals surface area contributed by atoms with E-state index in [1.165, 1.54) is 14.2 Å². The van der Waals surface area contributed by atoms with Gasteiger partial charge in [-0.3, -0.25) is 9.59 Å². The van der Waals surface area contributed by atoms with Gasteiger partial charge in [0.1, 0.15) is 11.5 Å². The smallest absolute Gasteiger partial charge is 0.220 e. The second kappa shape index (κ2) is 6.64. The summed E-state index contributed by atoms with van der Waals surface area (Å²) in [5, 5.41) is 2.54. The van der Waals surface area contributed by atoms with E-state index >= 15 is 0 Å². The van der Waals surface area contributed by atoms with Crippen LogP contribution in [-0.2, 0) is 4.79 Å². The van der Waals surface area contributed by atoms with Crippen LogP contribution in [0.3, 0.4) is 0 Å². The molecule has 0 radical (unpaired) electrons. The minimum Gasteiger partial charge on any atom is -0.497 e. The Bertz CT molecular complexity index is 443. The van der Waals surface area contributed by atoms with Crippen molar-refractivity contribution in [2.45, 2.75) is 13.3 Å². The van der Waals surface area contributed by atoms with E-state index in [0.717, 1.165) is 0 Å². The first-order valence-corrected chi connectivity index (χ1v) is 5.64. The number of hydrogen-bond donors (Lipinski definition) is 1. The van der Waals surface area contributed by atoms with Gasteiger partial charge in [0.05, 0.1) is 26.3 Å². The minimum atomic E-state index is -0.198. The standard InChI is InChI=1S/C13H17NO4/c1-4-13(16)14-8-11(15)10-6-5-9(17-2)7-12(10)18-3/h5-7H,4,8H2,1-3H3,(H,14,16). The molecule has 0 saturated heterocycles. The summed E-state index contributed by atoms with van der Waals surface area (Å²) in [6.07, 6.45) is 0.354. The van der Waals surface area contributed by atoms with Crippen LogP contribution >= 0.6 is 0 Å². The van der Waals surface area contributed by atoms with Crippen LogP contribution in [0.4, 0.5) is 0 Å². The fourth-order valence-electron chi connectivity index (χ4n) is 1.43. The maximum atomic E-state index is 11.9. The predicted molar refractivity (Wildman–Crippen MR) is 67.2 cm³/mol. The van der Waals surface area contributed by atoms with Crippen LogP contribution < -0.4 is 14.8 Å². The van der Waals surface area contributed by atoms with Crippen LogP contribution in [0.1, 0.15) is 23.7 Å². The van der Waals surface area contributed by atoms with E-state index in [4.69, 9.17) is 9.47 Å². The summed E-state index contributed by atoms with van der Waals surface area (Å²) >= 11 is 0. The van der Waals surface area contributed by atoms with Crippen molar-refractivity contribution < 1.29 is 19.1 Å². The Morgan fingerprint density at radius 1 is 1.22 bits per heavy atom. The molecule has 0 atom stereocenters. The summed E-state index contributed by atoms with van der Waals surface area (Å²) in [5.41, 5.74) is 0.426. The molecule has 18 heavy (non-hydrogen) atoms. The molecule has 0 bridgehead atoms. The third-order valence-corrected chi connectivity index (χ3v) is 2.48. The number of nitrogens with one attached hydrogen (secondary N) is 1. The molecule has 1 aromatic rings. The Hall–Kier alpha value is -2.04. The normalized spacial score (nSPS) is 9.72. The summed E-state index contributed by atoms with van der Waals surface area (Å²) in [6.45, 7) is 1.70. The zero-order valence-electron chi connectivity index (χ0n) is 10.8. The second-order valence-electron chi connectivity index (χ2n) is 3.62. The molecule has 0 heterocycles. The average Bonchev–Trinajstić information content (AvgIpc) is 2.43. The second-order valence-corrected chi connectivity index (χ2v) is 3.62. The maximum absolute atomic E-state index is 11.9. The molecule has 1 N–H and O–H groups in total. The molecule has 1 rings (SSSR count). The number of amides is 1. The van der Waals surface area contributed by atoms with Crippen molar-refractivity contribution >= 4 is 11.7 Å². The Balaban J connectivity index is 2.81. The summed E-state index contributed by atoms with van der Waals surface area (Å²) in [5.74, 6) is 0.693. The van der Waals surface area contributed by atoms with Crippen LogP contribution in [0.5, 0.6) is 11.5 Å². The van der Waals surface area contributed by atoms with Crippen LogP contribution in [-0.4, -0.2) is 32.5 Å². The third-order valence-electron chi connectivity index (χ3n) is 2.48. The lowest BCUT2D eigenvalue weighted by atomic mass is 10.1. The van der Waals surface area contributed by atoms with E-state index in [1.807, 2.05) is 0 Å². The van der Waals surface area contributed by atoms with Gasteiger partial charge in [-0.15, -0.1) is 0 Å². The van der Waals surface area contributed by atoms with Gasteiger partial charge in [-0.1, -0.05) is 6.92 Å². The van der Waals surface area contributed by atoms with Crippen molar-refractivity contribution in [3.8, 4) is 11.5 Å². The summed E-state index contributed by atoms with van der Waals surface area (Å²) < 4.78 is 10.2. The first kappa shape index (κ1) is 14.0. The first-order chi connectivity index (χ1) is 8.62. The molecule has 5 nitrogen and oxygen atoms in total. The lowest BCUT2D eigenvalue weighted by Crippen LogP contribution is -2.28. The lowest BCUT2D eigenvalue weighted by Gasteiger charge is -2.10. The number of benzene rings is 1. The molecule has 0 aliphatic heterocycles. The van der Waals surface area contributed by atoms with E-state index in [9.17, 15) is 9.59 Å². The molecular formula is C13H17NO4. The number of Topliss-reactive ketones (excluding diaryl/α,β-unsaturated/α-hetero) is 1. The Morgan fingerprint density at radius 2 is 1.94 bits per heavy atom. The molecule has 0 unspecified atom stereocenters. The summed E-state index contributed by atoms with van der Waals surface area (Å²) in [7, 11) is 3.02. The zero-order valence-corrected chi connectivity index (χ0v) is 10.8. The van der Waals surface area contributed by atoms with Gasteiger partial charge in [-0.05, 0) is 12.1 Å².